The van der Waals surface area contributed by atoms with Gasteiger partial charge in [-0.15, -0.1) is 0 Å². The molecule has 3 heteroatoms. The number of nitrogens with one attached hydrogen (secondary N) is 1. The number of hydrogen-bond acceptors (Lipinski definition) is 3. The summed E-state index contributed by atoms with van der Waals surface area (Å²) in [7, 11) is 3.42. The van der Waals surface area contributed by atoms with Crippen molar-refractivity contribution in [3.05, 3.63) is 23.8 Å². The summed E-state index contributed by atoms with van der Waals surface area (Å²) < 4.78 is 10.8. The molecule has 1 aliphatic carbocycles. The van der Waals surface area contributed by atoms with E-state index in [1.165, 1.54) is 24.8 Å². The largest absolute Gasteiger partial charge is 0.497 e. The Bertz CT molecular complexity index is 433. The molecule has 2 unspecified atom stereocenters. The average Bonchev–Trinajstić information content (AvgIpc) is 2.81. The highest BCUT2D eigenvalue weighted by Gasteiger charge is 2.38. The molecule has 0 saturated heterocycles. The summed E-state index contributed by atoms with van der Waals surface area (Å²) >= 11 is 0. The van der Waals surface area contributed by atoms with Crippen LogP contribution in [-0.4, -0.2) is 26.8 Å². The smallest absolute Gasteiger partial charge is 0.126 e. The molecule has 0 spiro atoms. The van der Waals surface area contributed by atoms with Gasteiger partial charge in [-0.2, -0.15) is 0 Å². The second-order valence-corrected chi connectivity index (χ2v) is 5.62. The van der Waals surface area contributed by atoms with Gasteiger partial charge in [0.15, 0.2) is 0 Å². The van der Waals surface area contributed by atoms with Gasteiger partial charge in [-0.05, 0) is 37.3 Å². The van der Waals surface area contributed by atoms with Crippen molar-refractivity contribution in [3.63, 3.8) is 0 Å². The summed E-state index contributed by atoms with van der Waals surface area (Å²) in [5.74, 6) is 1.80. The third-order valence-corrected chi connectivity index (χ3v) is 4.29. The molecule has 0 bridgehead atoms. The Morgan fingerprint density at radius 1 is 1.32 bits per heavy atom. The Kier molecular flexibility index (Phi) is 4.35. The van der Waals surface area contributed by atoms with E-state index in [4.69, 9.17) is 9.47 Å². The number of rotatable bonds is 5. The van der Waals surface area contributed by atoms with Gasteiger partial charge < -0.3 is 14.8 Å². The number of benzene rings is 1. The van der Waals surface area contributed by atoms with Crippen molar-refractivity contribution in [1.82, 2.24) is 5.32 Å². The van der Waals surface area contributed by atoms with Crippen molar-refractivity contribution in [2.45, 2.75) is 44.6 Å². The van der Waals surface area contributed by atoms with E-state index in [9.17, 15) is 0 Å². The van der Waals surface area contributed by atoms with Crippen LogP contribution in [0.15, 0.2) is 18.2 Å². The van der Waals surface area contributed by atoms with Gasteiger partial charge in [0.05, 0.1) is 14.2 Å². The summed E-state index contributed by atoms with van der Waals surface area (Å²) in [5.41, 5.74) is 1.50. The third kappa shape index (κ3) is 2.86. The zero-order chi connectivity index (χ0) is 13.9. The van der Waals surface area contributed by atoms with Gasteiger partial charge in [-0.1, -0.05) is 19.9 Å². The molecule has 1 aromatic carbocycles. The molecule has 1 fully saturated rings. The lowest BCUT2D eigenvalue weighted by Crippen LogP contribution is -2.28. The molecule has 2 atom stereocenters. The zero-order valence-corrected chi connectivity index (χ0v) is 12.5. The van der Waals surface area contributed by atoms with Crippen LogP contribution in [0.4, 0.5) is 0 Å². The van der Waals surface area contributed by atoms with Crippen LogP contribution >= 0.6 is 0 Å². The predicted octanol–water partition coefficient (Wildman–Crippen LogP) is 3.12. The maximum Gasteiger partial charge on any atom is 0.126 e. The Morgan fingerprint density at radius 3 is 2.74 bits per heavy atom. The fourth-order valence-corrected chi connectivity index (χ4v) is 3.25. The minimum Gasteiger partial charge on any atom is -0.497 e. The van der Waals surface area contributed by atoms with Crippen molar-refractivity contribution in [2.75, 3.05) is 20.8 Å². The van der Waals surface area contributed by atoms with Crippen molar-refractivity contribution in [1.29, 1.82) is 0 Å². The normalized spacial score (nSPS) is 26.4. The summed E-state index contributed by atoms with van der Waals surface area (Å²) in [6, 6.07) is 6.80. The molecular weight excluding hydrogens is 238 g/mol. The quantitative estimate of drug-likeness (QED) is 0.885. The number of methoxy groups -OCH3 is 2. The van der Waals surface area contributed by atoms with Crippen molar-refractivity contribution < 1.29 is 9.47 Å². The molecular formula is C16H25NO2. The van der Waals surface area contributed by atoms with Crippen molar-refractivity contribution in [3.8, 4) is 11.5 Å². The fourth-order valence-electron chi connectivity index (χ4n) is 3.25. The van der Waals surface area contributed by atoms with Gasteiger partial charge in [0.25, 0.3) is 0 Å². The maximum absolute atomic E-state index is 5.56. The van der Waals surface area contributed by atoms with E-state index in [0.717, 1.165) is 18.0 Å². The lowest BCUT2D eigenvalue weighted by atomic mass is 9.80. The van der Waals surface area contributed by atoms with Gasteiger partial charge in [0.1, 0.15) is 11.5 Å². The van der Waals surface area contributed by atoms with Crippen LogP contribution in [0, 0.1) is 0 Å². The Labute approximate surface area is 116 Å². The molecule has 0 amide bonds. The molecule has 1 N–H and O–H groups in total. The van der Waals surface area contributed by atoms with Gasteiger partial charge in [-0.3, -0.25) is 0 Å². The van der Waals surface area contributed by atoms with E-state index in [1.807, 2.05) is 12.1 Å². The van der Waals surface area contributed by atoms with E-state index in [-0.39, 0.29) is 5.41 Å². The van der Waals surface area contributed by atoms with Crippen molar-refractivity contribution >= 4 is 0 Å². The van der Waals surface area contributed by atoms with Gasteiger partial charge in [0, 0.05) is 17.7 Å². The lowest BCUT2D eigenvalue weighted by Gasteiger charge is -2.27. The highest BCUT2D eigenvalue weighted by atomic mass is 16.5. The second kappa shape index (κ2) is 5.83. The standard InChI is InChI=1S/C16H25NO2/c1-5-17-12-8-9-16(2,11-12)14-7-6-13(18-3)10-15(14)19-4/h6-7,10,12,17H,5,8-9,11H2,1-4H3. The van der Waals surface area contributed by atoms with Crippen LogP contribution < -0.4 is 14.8 Å². The fraction of sp³-hybridized carbons (Fsp3) is 0.625. The Balaban J connectivity index is 2.26. The first-order valence-corrected chi connectivity index (χ1v) is 7.09. The average molecular weight is 263 g/mol. The van der Waals surface area contributed by atoms with Crippen LogP contribution in [0.5, 0.6) is 11.5 Å². The topological polar surface area (TPSA) is 30.5 Å². The molecule has 2 rings (SSSR count). The SMILES string of the molecule is CCNC1CCC(C)(c2ccc(OC)cc2OC)C1. The first kappa shape index (κ1) is 14.2. The molecule has 0 heterocycles. The molecule has 0 aliphatic heterocycles. The molecule has 1 aromatic rings. The Hall–Kier alpha value is -1.22. The highest BCUT2D eigenvalue weighted by Crippen LogP contribution is 2.45. The zero-order valence-electron chi connectivity index (χ0n) is 12.5. The summed E-state index contributed by atoms with van der Waals surface area (Å²) in [4.78, 5) is 0. The minimum atomic E-state index is 0.199. The molecule has 0 aromatic heterocycles. The number of hydrogen-bond donors (Lipinski definition) is 1. The summed E-state index contributed by atoms with van der Waals surface area (Å²) in [6.45, 7) is 5.55. The minimum absolute atomic E-state index is 0.199. The molecule has 106 valence electrons. The van der Waals surface area contributed by atoms with Crippen LogP contribution in [0.1, 0.15) is 38.7 Å². The molecule has 1 saturated carbocycles. The Morgan fingerprint density at radius 2 is 2.11 bits per heavy atom. The monoisotopic (exact) mass is 263 g/mol. The molecule has 19 heavy (non-hydrogen) atoms. The molecule has 1 aliphatic rings. The lowest BCUT2D eigenvalue weighted by molar-refractivity contribution is 0.372. The predicted molar refractivity (Wildman–Crippen MR) is 78.2 cm³/mol. The first-order chi connectivity index (χ1) is 9.12. The van der Waals surface area contributed by atoms with Crippen LogP contribution in [-0.2, 0) is 5.41 Å². The van der Waals surface area contributed by atoms with Crippen molar-refractivity contribution in [2.24, 2.45) is 0 Å². The van der Waals surface area contributed by atoms with E-state index in [1.54, 1.807) is 14.2 Å². The molecule has 0 radical (unpaired) electrons. The third-order valence-electron chi connectivity index (χ3n) is 4.29. The van der Waals surface area contributed by atoms with Crippen LogP contribution in [0.3, 0.4) is 0 Å². The van der Waals surface area contributed by atoms with Gasteiger partial charge in [-0.25, -0.2) is 0 Å². The maximum atomic E-state index is 5.56. The van der Waals surface area contributed by atoms with Crippen LogP contribution in [0.2, 0.25) is 0 Å². The van der Waals surface area contributed by atoms with E-state index < -0.39 is 0 Å². The van der Waals surface area contributed by atoms with E-state index >= 15 is 0 Å². The van der Waals surface area contributed by atoms with E-state index in [2.05, 4.69) is 25.2 Å². The second-order valence-electron chi connectivity index (χ2n) is 5.62. The number of ether oxygens (including phenoxy) is 2. The summed E-state index contributed by atoms with van der Waals surface area (Å²) in [5, 5.41) is 3.56. The first-order valence-electron chi connectivity index (χ1n) is 7.09. The van der Waals surface area contributed by atoms with Gasteiger partial charge >= 0.3 is 0 Å². The molecule has 3 nitrogen and oxygen atoms in total. The van der Waals surface area contributed by atoms with E-state index in [0.29, 0.717) is 6.04 Å². The highest BCUT2D eigenvalue weighted by molar-refractivity contribution is 5.45. The summed E-state index contributed by atoms with van der Waals surface area (Å²) in [6.07, 6.45) is 3.61. The van der Waals surface area contributed by atoms with Gasteiger partial charge in [0.2, 0.25) is 0 Å². The van der Waals surface area contributed by atoms with Crippen LogP contribution in [0.25, 0.3) is 0 Å².